The molecule has 1 aromatic rings. The molecular formula is C16H20O2. The Kier molecular flexibility index (Phi) is 2.89. The molecule has 0 unspecified atom stereocenters. The lowest BCUT2D eigenvalue weighted by molar-refractivity contribution is -0.126. The van der Waals surface area contributed by atoms with E-state index in [0.717, 1.165) is 25.0 Å². The molecule has 0 radical (unpaired) electrons. The van der Waals surface area contributed by atoms with Crippen LogP contribution >= 0.6 is 0 Å². The van der Waals surface area contributed by atoms with Crippen molar-refractivity contribution in [1.29, 1.82) is 0 Å². The van der Waals surface area contributed by atoms with Crippen molar-refractivity contribution in [2.45, 2.75) is 50.4 Å². The Morgan fingerprint density at radius 3 is 2.61 bits per heavy atom. The molecule has 1 fully saturated rings. The number of Topliss-reactive ketones (excluding diaryl/α,β-unsaturated/α-hetero) is 1. The minimum absolute atomic E-state index is 0.155. The number of carbonyl (C=O) groups is 1. The molecule has 0 aromatic heterocycles. The number of fused-ring (bicyclic) bond motifs is 2. The molecule has 0 saturated heterocycles. The molecule has 0 bridgehead atoms. The smallest absolute Gasteiger partial charge is 0.143 e. The Bertz CT molecular complexity index is 470. The van der Waals surface area contributed by atoms with Crippen LogP contribution < -0.4 is 4.74 Å². The van der Waals surface area contributed by atoms with E-state index in [-0.39, 0.29) is 5.41 Å². The summed E-state index contributed by atoms with van der Waals surface area (Å²) in [5.74, 6) is 1.38. The Morgan fingerprint density at radius 1 is 1.11 bits per heavy atom. The molecule has 0 aliphatic heterocycles. The van der Waals surface area contributed by atoms with Gasteiger partial charge in [-0.2, -0.15) is 0 Å². The average Bonchev–Trinajstić information content (AvgIpc) is 2.44. The van der Waals surface area contributed by atoms with Gasteiger partial charge in [-0.25, -0.2) is 0 Å². The van der Waals surface area contributed by atoms with Crippen molar-refractivity contribution in [3.05, 3.63) is 29.3 Å². The number of rotatable bonds is 1. The van der Waals surface area contributed by atoms with Gasteiger partial charge in [-0.15, -0.1) is 0 Å². The number of hydrogen-bond acceptors (Lipinski definition) is 2. The Balaban J connectivity index is 2.08. The minimum atomic E-state index is -0.155. The van der Waals surface area contributed by atoms with Crippen LogP contribution in [0.3, 0.4) is 0 Å². The van der Waals surface area contributed by atoms with Crippen LogP contribution in [0.1, 0.15) is 49.7 Å². The number of carbonyl (C=O) groups excluding carboxylic acids is 1. The number of ether oxygens (including phenoxy) is 1. The van der Waals surface area contributed by atoms with Gasteiger partial charge in [0, 0.05) is 6.42 Å². The Morgan fingerprint density at radius 2 is 1.89 bits per heavy atom. The van der Waals surface area contributed by atoms with Gasteiger partial charge in [-0.3, -0.25) is 4.79 Å². The van der Waals surface area contributed by atoms with E-state index in [9.17, 15) is 4.79 Å². The van der Waals surface area contributed by atoms with Crippen LogP contribution in [-0.2, 0) is 16.6 Å². The van der Waals surface area contributed by atoms with E-state index in [1.54, 1.807) is 7.11 Å². The predicted molar refractivity (Wildman–Crippen MR) is 71.1 cm³/mol. The molecule has 2 aliphatic carbocycles. The second-order valence-corrected chi connectivity index (χ2v) is 5.59. The average molecular weight is 244 g/mol. The van der Waals surface area contributed by atoms with E-state index >= 15 is 0 Å². The van der Waals surface area contributed by atoms with E-state index in [1.165, 1.54) is 30.4 Å². The summed E-state index contributed by atoms with van der Waals surface area (Å²) in [5.41, 5.74) is 2.47. The van der Waals surface area contributed by atoms with Crippen molar-refractivity contribution >= 4 is 5.78 Å². The number of aryl methyl sites for hydroxylation is 1. The van der Waals surface area contributed by atoms with E-state index in [1.807, 2.05) is 6.07 Å². The fourth-order valence-corrected chi connectivity index (χ4v) is 3.71. The van der Waals surface area contributed by atoms with E-state index in [0.29, 0.717) is 12.2 Å². The van der Waals surface area contributed by atoms with Gasteiger partial charge in [0.25, 0.3) is 0 Å². The quantitative estimate of drug-likeness (QED) is 0.756. The number of benzene rings is 1. The summed E-state index contributed by atoms with van der Waals surface area (Å²) in [5, 5.41) is 0. The molecule has 2 nitrogen and oxygen atoms in total. The molecule has 96 valence electrons. The van der Waals surface area contributed by atoms with Crippen molar-refractivity contribution in [1.82, 2.24) is 0 Å². The first-order chi connectivity index (χ1) is 8.76. The zero-order valence-corrected chi connectivity index (χ0v) is 11.0. The predicted octanol–water partition coefficient (Wildman–Crippen LogP) is 3.41. The molecule has 1 saturated carbocycles. The molecule has 0 atom stereocenters. The number of methoxy groups -OCH3 is 1. The first kappa shape index (κ1) is 11.8. The maximum Gasteiger partial charge on any atom is 0.143 e. The minimum Gasteiger partial charge on any atom is -0.497 e. The maximum atomic E-state index is 12.5. The van der Waals surface area contributed by atoms with Gasteiger partial charge in [0.05, 0.1) is 12.5 Å². The second kappa shape index (κ2) is 4.42. The van der Waals surface area contributed by atoms with Crippen molar-refractivity contribution in [2.24, 2.45) is 0 Å². The first-order valence-corrected chi connectivity index (χ1v) is 6.97. The van der Waals surface area contributed by atoms with Crippen molar-refractivity contribution in [3.63, 3.8) is 0 Å². The molecule has 0 amide bonds. The third-order valence-corrected chi connectivity index (χ3v) is 4.69. The molecule has 1 aromatic carbocycles. The van der Waals surface area contributed by atoms with E-state index in [4.69, 9.17) is 4.74 Å². The lowest BCUT2D eigenvalue weighted by Crippen LogP contribution is -2.41. The van der Waals surface area contributed by atoms with Crippen LogP contribution in [0.25, 0.3) is 0 Å². The van der Waals surface area contributed by atoms with E-state index < -0.39 is 0 Å². The van der Waals surface area contributed by atoms with Gasteiger partial charge in [-0.1, -0.05) is 25.3 Å². The Labute approximate surface area is 108 Å². The van der Waals surface area contributed by atoms with Gasteiger partial charge in [0.2, 0.25) is 0 Å². The summed E-state index contributed by atoms with van der Waals surface area (Å²) in [6.45, 7) is 0. The van der Waals surface area contributed by atoms with Crippen molar-refractivity contribution < 1.29 is 9.53 Å². The molecule has 0 N–H and O–H groups in total. The summed E-state index contributed by atoms with van der Waals surface area (Å²) >= 11 is 0. The van der Waals surface area contributed by atoms with Crippen LogP contribution in [0, 0.1) is 0 Å². The highest BCUT2D eigenvalue weighted by atomic mass is 16.5. The lowest BCUT2D eigenvalue weighted by Gasteiger charge is -2.40. The third-order valence-electron chi connectivity index (χ3n) is 4.69. The highest BCUT2D eigenvalue weighted by Crippen LogP contribution is 2.46. The van der Waals surface area contributed by atoms with Crippen LogP contribution in [0.5, 0.6) is 5.75 Å². The lowest BCUT2D eigenvalue weighted by atomic mass is 9.62. The van der Waals surface area contributed by atoms with Crippen LogP contribution in [0.4, 0.5) is 0 Å². The molecule has 2 heteroatoms. The Hall–Kier alpha value is -1.31. The topological polar surface area (TPSA) is 26.3 Å². The van der Waals surface area contributed by atoms with Gasteiger partial charge in [0.15, 0.2) is 0 Å². The van der Waals surface area contributed by atoms with Crippen molar-refractivity contribution in [3.8, 4) is 5.75 Å². The number of hydrogen-bond donors (Lipinski definition) is 0. The fourth-order valence-electron chi connectivity index (χ4n) is 3.71. The molecule has 0 heterocycles. The van der Waals surface area contributed by atoms with Gasteiger partial charge in [0.1, 0.15) is 11.5 Å². The van der Waals surface area contributed by atoms with Crippen LogP contribution in [0.2, 0.25) is 0 Å². The van der Waals surface area contributed by atoms with Crippen LogP contribution in [-0.4, -0.2) is 12.9 Å². The van der Waals surface area contributed by atoms with Crippen LogP contribution in [0.15, 0.2) is 18.2 Å². The SMILES string of the molecule is COc1ccc2c(c1)CCC(=O)C21CCCCC1. The summed E-state index contributed by atoms with van der Waals surface area (Å²) in [6, 6.07) is 6.27. The monoisotopic (exact) mass is 244 g/mol. The van der Waals surface area contributed by atoms with E-state index in [2.05, 4.69) is 12.1 Å². The summed E-state index contributed by atoms with van der Waals surface area (Å²) < 4.78 is 5.30. The molecule has 2 aliphatic rings. The summed E-state index contributed by atoms with van der Waals surface area (Å²) in [7, 11) is 1.70. The summed E-state index contributed by atoms with van der Waals surface area (Å²) in [6.07, 6.45) is 7.35. The van der Waals surface area contributed by atoms with Gasteiger partial charge < -0.3 is 4.74 Å². The van der Waals surface area contributed by atoms with Gasteiger partial charge in [-0.05, 0) is 42.5 Å². The summed E-state index contributed by atoms with van der Waals surface area (Å²) in [4.78, 5) is 12.5. The molecule has 18 heavy (non-hydrogen) atoms. The normalized spacial score (nSPS) is 21.7. The van der Waals surface area contributed by atoms with Gasteiger partial charge >= 0.3 is 0 Å². The standard InChI is InChI=1S/C16H20O2/c1-18-13-6-7-14-12(11-13)5-8-15(17)16(14)9-3-2-4-10-16/h6-7,11H,2-5,8-10H2,1H3. The second-order valence-electron chi connectivity index (χ2n) is 5.59. The zero-order valence-electron chi connectivity index (χ0n) is 11.0. The fraction of sp³-hybridized carbons (Fsp3) is 0.562. The zero-order chi connectivity index (χ0) is 12.6. The largest absolute Gasteiger partial charge is 0.497 e. The highest BCUT2D eigenvalue weighted by Gasteiger charge is 2.43. The highest BCUT2D eigenvalue weighted by molar-refractivity contribution is 5.92. The third kappa shape index (κ3) is 1.66. The number of ketones is 1. The molecule has 1 spiro atoms. The molecule has 3 rings (SSSR count). The molecular weight excluding hydrogens is 224 g/mol. The first-order valence-electron chi connectivity index (χ1n) is 6.97. The van der Waals surface area contributed by atoms with Crippen molar-refractivity contribution in [2.75, 3.05) is 7.11 Å². The maximum absolute atomic E-state index is 12.5.